The number of halogens is 1. The van der Waals surface area contributed by atoms with Crippen molar-refractivity contribution in [2.24, 2.45) is 16.6 Å². The van der Waals surface area contributed by atoms with E-state index in [0.29, 0.717) is 34.2 Å². The number of nitriles is 1. The van der Waals surface area contributed by atoms with Crippen LogP contribution >= 0.6 is 11.6 Å². The molecular weight excluding hydrogens is 744 g/mol. The molecule has 5 aromatic rings. The van der Waals surface area contributed by atoms with E-state index in [1.165, 1.54) is 27.6 Å². The first-order valence-electron chi connectivity index (χ1n) is 19.2. The molecule has 1 amide bonds. The Balaban J connectivity index is 0.956. The lowest BCUT2D eigenvalue weighted by molar-refractivity contribution is -0.189. The highest BCUT2D eigenvalue weighted by Crippen LogP contribution is 2.62. The topological polar surface area (TPSA) is 162 Å². The summed E-state index contributed by atoms with van der Waals surface area (Å²) < 4.78 is 15.4. The van der Waals surface area contributed by atoms with Gasteiger partial charge in [0.05, 0.1) is 40.7 Å². The number of fused-ring (bicyclic) bond motifs is 1. The number of nitrogens with zero attached hydrogens (tertiary/aromatic N) is 7. The summed E-state index contributed by atoms with van der Waals surface area (Å²) in [6.45, 7) is 13.2. The van der Waals surface area contributed by atoms with E-state index in [1.807, 2.05) is 52.0 Å². The van der Waals surface area contributed by atoms with E-state index in [2.05, 4.69) is 25.8 Å². The maximum atomic E-state index is 14.3. The Bertz CT molecular complexity index is 2430. The van der Waals surface area contributed by atoms with Crippen LogP contribution in [0, 0.1) is 22.2 Å². The van der Waals surface area contributed by atoms with Crippen LogP contribution in [0.25, 0.3) is 16.5 Å². The van der Waals surface area contributed by atoms with Crippen LogP contribution in [0.4, 0.5) is 5.82 Å². The molecule has 0 bridgehead atoms. The summed E-state index contributed by atoms with van der Waals surface area (Å²) in [4.78, 5) is 52.6. The Morgan fingerprint density at radius 3 is 2.37 bits per heavy atom. The number of amides is 1. The maximum Gasteiger partial charge on any atom is 0.335 e. The van der Waals surface area contributed by atoms with Crippen molar-refractivity contribution < 1.29 is 14.3 Å². The number of nitrogens with two attached hydrogens (primary N) is 1. The van der Waals surface area contributed by atoms with Gasteiger partial charge < -0.3 is 20.1 Å². The second-order valence-electron chi connectivity index (χ2n) is 16.0. The Labute approximate surface area is 336 Å². The molecule has 1 aliphatic heterocycles. The molecule has 2 fully saturated rings. The van der Waals surface area contributed by atoms with Crippen molar-refractivity contribution in [2.75, 3.05) is 44.2 Å². The molecule has 0 radical (unpaired) electrons. The zero-order valence-corrected chi connectivity index (χ0v) is 33.4. The first kappa shape index (κ1) is 39.5. The molecule has 7 rings (SSSR count). The third-order valence-corrected chi connectivity index (χ3v) is 11.7. The van der Waals surface area contributed by atoms with Crippen molar-refractivity contribution in [3.8, 4) is 23.3 Å². The molecule has 13 nitrogen and oxygen atoms in total. The van der Waals surface area contributed by atoms with Crippen LogP contribution < -0.4 is 31.4 Å². The number of carbonyl (C=O) groups is 1. The van der Waals surface area contributed by atoms with Crippen LogP contribution in [0.2, 0.25) is 5.02 Å². The molecule has 14 heteroatoms. The first-order chi connectivity index (χ1) is 27.3. The summed E-state index contributed by atoms with van der Waals surface area (Å²) in [6.07, 6.45) is 9.10. The van der Waals surface area contributed by atoms with Crippen molar-refractivity contribution >= 4 is 34.1 Å². The van der Waals surface area contributed by atoms with Gasteiger partial charge in [0.1, 0.15) is 29.5 Å². The van der Waals surface area contributed by atoms with Gasteiger partial charge in [0.25, 0.3) is 5.56 Å². The number of hydrogen-bond donors (Lipinski definition) is 1. The fourth-order valence-corrected chi connectivity index (χ4v) is 9.14. The number of primary amides is 1. The molecule has 57 heavy (non-hydrogen) atoms. The molecule has 0 spiro atoms. The summed E-state index contributed by atoms with van der Waals surface area (Å²) >= 11 is 6.28. The highest BCUT2D eigenvalue weighted by Gasteiger charge is 2.65. The molecular formula is C43H47ClN8O5. The highest BCUT2D eigenvalue weighted by molar-refractivity contribution is 6.31. The number of carbonyl (C=O) groups excluding carboxylic acids is 1. The van der Waals surface area contributed by atoms with E-state index in [9.17, 15) is 19.6 Å². The average molecular weight is 791 g/mol. The lowest BCUT2D eigenvalue weighted by atomic mass is 9.49. The number of hydrogen-bond acceptors (Lipinski definition) is 10. The Hall–Kier alpha value is -5.71. The lowest BCUT2D eigenvalue weighted by Gasteiger charge is -2.62. The molecule has 296 valence electrons. The summed E-state index contributed by atoms with van der Waals surface area (Å²) in [7, 11) is 0. The van der Waals surface area contributed by atoms with Crippen molar-refractivity contribution in [3.05, 3.63) is 116 Å². The zero-order chi connectivity index (χ0) is 40.5. The minimum atomic E-state index is -0.619. The predicted octanol–water partition coefficient (Wildman–Crippen LogP) is 5.99. The van der Waals surface area contributed by atoms with E-state index >= 15 is 0 Å². The third-order valence-electron chi connectivity index (χ3n) is 11.4. The number of piperazine rings is 1. The van der Waals surface area contributed by atoms with Crippen molar-refractivity contribution in [1.82, 2.24) is 24.0 Å². The standard InChI is InChI=1S/C43H47ClN8O5/c1-42(2)39(43(3,4)40(42)57-32-10-8-28(24-45)34(44)23-32)52-37(53)14-16-51(41(52)55)35-27-47-25-30-22-31(11-12-33(30)35)56-21-7-5-6-15-49-17-19-50(20-18-49)36-13-9-29(26-48-36)38(46)54/h8-14,16,22-23,25-27,39-40H,5-7,15,17-21H2,1-4H3,(H2,46,54). The second kappa shape index (κ2) is 16.0. The maximum absolute atomic E-state index is 14.3. The van der Waals surface area contributed by atoms with Crippen LogP contribution in [0.15, 0.2) is 89.0 Å². The quantitative estimate of drug-likeness (QED) is 0.140. The van der Waals surface area contributed by atoms with E-state index < -0.39 is 34.0 Å². The number of aromatic nitrogens is 4. The molecule has 1 saturated carbocycles. The number of pyridine rings is 2. The monoisotopic (exact) mass is 790 g/mol. The van der Waals surface area contributed by atoms with Gasteiger partial charge in [-0.15, -0.1) is 0 Å². The number of rotatable bonds is 13. The molecule has 2 aromatic carbocycles. The van der Waals surface area contributed by atoms with Gasteiger partial charge in [0.15, 0.2) is 0 Å². The lowest BCUT2D eigenvalue weighted by Crippen LogP contribution is -2.69. The first-order valence-corrected chi connectivity index (χ1v) is 19.6. The number of unbranched alkanes of at least 4 members (excludes halogenated alkanes) is 2. The van der Waals surface area contributed by atoms with E-state index in [4.69, 9.17) is 26.8 Å². The van der Waals surface area contributed by atoms with Crippen LogP contribution in [0.3, 0.4) is 0 Å². The SMILES string of the molecule is CC1(C)C(Oc2ccc(C#N)c(Cl)c2)C(C)(C)C1n1c(=O)ccn(-c2cncc3cc(OCCCCCN4CCN(c5ccc(C(N)=O)cn5)CC4)ccc23)c1=O. The Morgan fingerprint density at radius 1 is 0.930 bits per heavy atom. The molecule has 2 N–H and O–H groups in total. The van der Waals surface area contributed by atoms with Crippen molar-refractivity contribution in [2.45, 2.75) is 59.1 Å². The van der Waals surface area contributed by atoms with Crippen molar-refractivity contribution in [3.63, 3.8) is 0 Å². The van der Waals surface area contributed by atoms with Gasteiger partial charge in [-0.1, -0.05) is 39.3 Å². The van der Waals surface area contributed by atoms with Gasteiger partial charge in [-0.25, -0.2) is 9.78 Å². The number of anilines is 1. The summed E-state index contributed by atoms with van der Waals surface area (Å²) in [5.41, 5.74) is 4.58. The minimum Gasteiger partial charge on any atom is -0.494 e. The molecule has 4 heterocycles. The van der Waals surface area contributed by atoms with Gasteiger partial charge in [0, 0.05) is 78.5 Å². The molecule has 2 aliphatic rings. The fraction of sp³-hybridized carbons (Fsp3) is 0.395. The highest BCUT2D eigenvalue weighted by atomic mass is 35.5. The summed E-state index contributed by atoms with van der Waals surface area (Å²) in [6, 6.07) is 17.3. The normalized spacial score (nSPS) is 18.8. The van der Waals surface area contributed by atoms with Crippen LogP contribution in [0.1, 0.15) is 68.9 Å². The minimum absolute atomic E-state index is 0.298. The summed E-state index contributed by atoms with van der Waals surface area (Å²) in [5.74, 6) is 1.63. The van der Waals surface area contributed by atoms with Gasteiger partial charge in [-0.05, 0) is 68.3 Å². The van der Waals surface area contributed by atoms with Gasteiger partial charge in [0.2, 0.25) is 5.91 Å². The molecule has 0 unspecified atom stereocenters. The van der Waals surface area contributed by atoms with Gasteiger partial charge in [-0.3, -0.25) is 28.6 Å². The molecule has 1 aliphatic carbocycles. The Kier molecular flexibility index (Phi) is 11.1. The van der Waals surface area contributed by atoms with E-state index in [0.717, 1.165) is 74.3 Å². The molecule has 1 saturated heterocycles. The molecule has 0 atom stereocenters. The molecule has 3 aromatic heterocycles. The number of ether oxygens (including phenoxy) is 2. The predicted molar refractivity (Wildman–Crippen MR) is 220 cm³/mol. The largest absolute Gasteiger partial charge is 0.494 e. The average Bonchev–Trinajstić information content (AvgIpc) is 3.19. The van der Waals surface area contributed by atoms with Crippen LogP contribution in [-0.2, 0) is 0 Å². The van der Waals surface area contributed by atoms with Gasteiger partial charge >= 0.3 is 5.69 Å². The fourth-order valence-electron chi connectivity index (χ4n) is 8.93. The second-order valence-corrected chi connectivity index (χ2v) is 16.4. The van der Waals surface area contributed by atoms with E-state index in [-0.39, 0.29) is 6.10 Å². The zero-order valence-electron chi connectivity index (χ0n) is 32.7. The Morgan fingerprint density at radius 2 is 1.68 bits per heavy atom. The van der Waals surface area contributed by atoms with Gasteiger partial charge in [-0.2, -0.15) is 5.26 Å². The van der Waals surface area contributed by atoms with Crippen LogP contribution in [-0.4, -0.2) is 75.3 Å². The third kappa shape index (κ3) is 7.84. The summed E-state index contributed by atoms with van der Waals surface area (Å²) in [5, 5.41) is 11.2. The van der Waals surface area contributed by atoms with E-state index in [1.54, 1.807) is 36.7 Å². The van der Waals surface area contributed by atoms with Crippen molar-refractivity contribution in [1.29, 1.82) is 5.26 Å². The smallest absolute Gasteiger partial charge is 0.335 e. The van der Waals surface area contributed by atoms with Crippen LogP contribution in [0.5, 0.6) is 11.5 Å². The number of benzene rings is 2.